The Bertz CT molecular complexity index is 307. The van der Waals surface area contributed by atoms with Crippen LogP contribution in [0.25, 0.3) is 0 Å². The number of aliphatic hydroxyl groups excluding tert-OH is 1. The Morgan fingerprint density at radius 2 is 1.71 bits per heavy atom. The maximum Gasteiger partial charge on any atom is 0.414 e. The predicted molar refractivity (Wildman–Crippen MR) is 63.4 cm³/mol. The summed E-state index contributed by atoms with van der Waals surface area (Å²) in [5.41, 5.74) is -0.242. The highest BCUT2D eigenvalue weighted by atomic mass is 35.8. The summed E-state index contributed by atoms with van der Waals surface area (Å²) in [5, 5.41) is 9.35. The summed E-state index contributed by atoms with van der Waals surface area (Å²) in [7, 11) is 0. The normalized spacial score (nSPS) is 39.7. The number of fused-ring (bicyclic) bond motifs is 2. The molecule has 2 aliphatic carbocycles. The molecular formula is C9H12Cl3F3OSi. The smallest absolute Gasteiger partial charge is 0.383 e. The molecule has 0 aromatic rings. The highest BCUT2D eigenvalue weighted by Gasteiger charge is 2.59. The molecule has 2 rings (SSSR count). The first-order valence-corrected chi connectivity index (χ1v) is 10.5. The molecule has 1 N–H and O–H groups in total. The minimum absolute atomic E-state index is 0.176. The van der Waals surface area contributed by atoms with Gasteiger partial charge in [0.2, 0.25) is 0 Å². The molecule has 2 saturated carbocycles. The molecule has 0 aromatic heterocycles. The van der Waals surface area contributed by atoms with E-state index in [9.17, 15) is 18.3 Å². The standard InChI is InChI=1S/C9H12Cl3F3OSi/c10-17(11,12)7-3-4-1-5(7)6(2-4)8(16)9(13,14)15/h4-8,16H,1-3H2. The van der Waals surface area contributed by atoms with Crippen molar-refractivity contribution in [2.24, 2.45) is 17.8 Å². The van der Waals surface area contributed by atoms with Gasteiger partial charge in [0.15, 0.2) is 6.10 Å². The molecule has 2 aliphatic rings. The molecule has 0 amide bonds. The van der Waals surface area contributed by atoms with Crippen LogP contribution in [-0.4, -0.2) is 23.4 Å². The summed E-state index contributed by atoms with van der Waals surface area (Å²) in [5.74, 6) is -0.896. The Morgan fingerprint density at radius 3 is 2.12 bits per heavy atom. The van der Waals surface area contributed by atoms with E-state index >= 15 is 0 Å². The summed E-state index contributed by atoms with van der Waals surface area (Å²) in [6.45, 7) is 0. The van der Waals surface area contributed by atoms with Crippen LogP contribution >= 0.6 is 33.2 Å². The number of alkyl halides is 3. The molecule has 0 aliphatic heterocycles. The Labute approximate surface area is 112 Å². The average molecular weight is 328 g/mol. The van der Waals surface area contributed by atoms with E-state index in [0.29, 0.717) is 19.3 Å². The fourth-order valence-corrected chi connectivity index (χ4v) is 7.11. The van der Waals surface area contributed by atoms with Gasteiger partial charge in [-0.1, -0.05) is 0 Å². The number of hydrogen-bond acceptors (Lipinski definition) is 1. The third-order valence-corrected chi connectivity index (χ3v) is 8.05. The van der Waals surface area contributed by atoms with Crippen LogP contribution in [0.2, 0.25) is 5.54 Å². The van der Waals surface area contributed by atoms with Crippen molar-refractivity contribution in [1.29, 1.82) is 0 Å². The number of rotatable bonds is 2. The van der Waals surface area contributed by atoms with E-state index in [2.05, 4.69) is 0 Å². The molecule has 0 heterocycles. The van der Waals surface area contributed by atoms with E-state index in [1.165, 1.54) is 0 Å². The van der Waals surface area contributed by atoms with Crippen LogP contribution in [0.3, 0.4) is 0 Å². The van der Waals surface area contributed by atoms with Crippen LogP contribution in [0.15, 0.2) is 0 Å². The SMILES string of the molecule is OC(C1CC2CC1C([Si](Cl)(Cl)Cl)C2)C(F)(F)F. The van der Waals surface area contributed by atoms with Crippen molar-refractivity contribution in [2.75, 3.05) is 0 Å². The van der Waals surface area contributed by atoms with Crippen LogP contribution < -0.4 is 0 Å². The topological polar surface area (TPSA) is 20.2 Å². The van der Waals surface area contributed by atoms with Gasteiger partial charge in [0.05, 0.1) is 0 Å². The molecule has 17 heavy (non-hydrogen) atoms. The summed E-state index contributed by atoms with van der Waals surface area (Å²) >= 11 is 17.8. The van der Waals surface area contributed by atoms with Gasteiger partial charge in [-0.15, -0.1) is 33.2 Å². The Morgan fingerprint density at radius 1 is 1.12 bits per heavy atom. The van der Waals surface area contributed by atoms with Crippen molar-refractivity contribution in [3.05, 3.63) is 0 Å². The lowest BCUT2D eigenvalue weighted by molar-refractivity contribution is -0.224. The van der Waals surface area contributed by atoms with E-state index in [0.717, 1.165) is 0 Å². The van der Waals surface area contributed by atoms with Crippen LogP contribution in [-0.2, 0) is 0 Å². The number of hydrogen-bond donors (Lipinski definition) is 1. The zero-order valence-corrected chi connectivity index (χ0v) is 12.0. The van der Waals surface area contributed by atoms with E-state index in [4.69, 9.17) is 33.2 Å². The molecule has 8 heteroatoms. The molecular weight excluding hydrogens is 316 g/mol. The molecule has 1 nitrogen and oxygen atoms in total. The second-order valence-corrected chi connectivity index (χ2v) is 14.0. The predicted octanol–water partition coefficient (Wildman–Crippen LogP) is 3.98. The van der Waals surface area contributed by atoms with Gasteiger partial charge in [0, 0.05) is 0 Å². The minimum Gasteiger partial charge on any atom is -0.383 e. The summed E-state index contributed by atoms with van der Waals surface area (Å²) in [6, 6.07) is -2.99. The molecule has 0 aromatic carbocycles. The summed E-state index contributed by atoms with van der Waals surface area (Å²) in [6.07, 6.45) is -5.09. The maximum absolute atomic E-state index is 12.5. The van der Waals surface area contributed by atoms with Gasteiger partial charge in [-0.3, -0.25) is 0 Å². The van der Waals surface area contributed by atoms with Gasteiger partial charge in [-0.25, -0.2) is 0 Å². The number of aliphatic hydroxyl groups is 1. The average Bonchev–Trinajstić information content (AvgIpc) is 2.71. The maximum atomic E-state index is 12.5. The van der Waals surface area contributed by atoms with E-state index in [-0.39, 0.29) is 17.4 Å². The Hall–Kier alpha value is 0.837. The summed E-state index contributed by atoms with van der Waals surface area (Å²) in [4.78, 5) is 0. The fraction of sp³-hybridized carbons (Fsp3) is 1.00. The first kappa shape index (κ1) is 14.3. The van der Waals surface area contributed by atoms with Crippen molar-refractivity contribution in [2.45, 2.75) is 37.1 Å². The lowest BCUT2D eigenvalue weighted by atomic mass is 9.84. The molecule has 0 radical (unpaired) electrons. The van der Waals surface area contributed by atoms with Gasteiger partial charge in [-0.05, 0) is 42.6 Å². The van der Waals surface area contributed by atoms with Crippen LogP contribution in [0, 0.1) is 17.8 Å². The van der Waals surface area contributed by atoms with E-state index in [1.807, 2.05) is 0 Å². The van der Waals surface area contributed by atoms with Gasteiger partial charge in [-0.2, -0.15) is 13.2 Å². The van der Waals surface area contributed by atoms with E-state index in [1.54, 1.807) is 0 Å². The van der Waals surface area contributed by atoms with E-state index < -0.39 is 24.2 Å². The van der Waals surface area contributed by atoms with Crippen molar-refractivity contribution < 1.29 is 18.3 Å². The fourth-order valence-electron chi connectivity index (χ4n) is 3.39. The molecule has 100 valence electrons. The van der Waals surface area contributed by atoms with Crippen LogP contribution in [0.5, 0.6) is 0 Å². The molecule has 5 unspecified atom stereocenters. The highest BCUT2D eigenvalue weighted by Crippen LogP contribution is 2.62. The summed E-state index contributed by atoms with van der Waals surface area (Å²) < 4.78 is 37.5. The molecule has 0 saturated heterocycles. The largest absolute Gasteiger partial charge is 0.414 e. The first-order chi connectivity index (χ1) is 7.60. The molecule has 2 bridgehead atoms. The number of halogens is 6. The minimum atomic E-state index is -4.57. The highest BCUT2D eigenvalue weighted by molar-refractivity contribution is 7.65. The van der Waals surface area contributed by atoms with Gasteiger partial charge >= 0.3 is 12.2 Å². The zero-order valence-electron chi connectivity index (χ0n) is 8.72. The zero-order chi connectivity index (χ0) is 13.0. The third kappa shape index (κ3) is 2.73. The van der Waals surface area contributed by atoms with Crippen molar-refractivity contribution >= 4 is 39.2 Å². The second kappa shape index (κ2) is 4.44. The van der Waals surface area contributed by atoms with Crippen molar-refractivity contribution in [3.63, 3.8) is 0 Å². The third-order valence-electron chi connectivity index (χ3n) is 4.03. The molecule has 5 atom stereocenters. The lowest BCUT2D eigenvalue weighted by Gasteiger charge is -2.35. The van der Waals surface area contributed by atoms with Gasteiger partial charge in [0.25, 0.3) is 0 Å². The Balaban J connectivity index is 2.13. The first-order valence-electron chi connectivity index (χ1n) is 5.42. The van der Waals surface area contributed by atoms with Crippen LogP contribution in [0.4, 0.5) is 13.2 Å². The monoisotopic (exact) mass is 326 g/mol. The van der Waals surface area contributed by atoms with Crippen molar-refractivity contribution in [1.82, 2.24) is 0 Å². The van der Waals surface area contributed by atoms with Crippen LogP contribution in [0.1, 0.15) is 19.3 Å². The van der Waals surface area contributed by atoms with Gasteiger partial charge in [0.1, 0.15) is 0 Å². The molecule has 0 spiro atoms. The lowest BCUT2D eigenvalue weighted by Crippen LogP contribution is -2.42. The quantitative estimate of drug-likeness (QED) is 0.601. The van der Waals surface area contributed by atoms with Gasteiger partial charge < -0.3 is 5.11 Å². The Kier molecular flexibility index (Phi) is 3.72. The molecule has 2 fully saturated rings. The van der Waals surface area contributed by atoms with Crippen molar-refractivity contribution in [3.8, 4) is 0 Å². The second-order valence-electron chi connectivity index (χ2n) is 5.04.